The van der Waals surface area contributed by atoms with E-state index < -0.39 is 0 Å². The molecule has 6 aromatic rings. The van der Waals surface area contributed by atoms with Crippen LogP contribution in [0.5, 0.6) is 0 Å². The molecular weight excluding hydrogens is 446 g/mol. The van der Waals surface area contributed by atoms with E-state index >= 15 is 0 Å². The molecule has 0 aromatic heterocycles. The van der Waals surface area contributed by atoms with Gasteiger partial charge in [-0.05, 0) is 85.3 Å². The number of fused-ring (bicyclic) bond motifs is 6. The van der Waals surface area contributed by atoms with Gasteiger partial charge in [-0.15, -0.1) is 0 Å². The van der Waals surface area contributed by atoms with Gasteiger partial charge >= 0.3 is 0 Å². The number of hydrogen-bond donors (Lipinski definition) is 0. The summed E-state index contributed by atoms with van der Waals surface area (Å²) in [6.45, 7) is 4.67. The molecule has 6 aromatic carbocycles. The third-order valence-corrected chi connectivity index (χ3v) is 8.29. The van der Waals surface area contributed by atoms with E-state index in [0.717, 1.165) is 0 Å². The smallest absolute Gasteiger partial charge is 0.0411 e. The molecule has 1 heteroatoms. The first kappa shape index (κ1) is 21.9. The van der Waals surface area contributed by atoms with Crippen molar-refractivity contribution in [2.24, 2.45) is 0 Å². The van der Waals surface area contributed by atoms with Gasteiger partial charge in [-0.2, -0.15) is 0 Å². The fourth-order valence-corrected chi connectivity index (χ4v) is 6.21. The molecule has 0 radical (unpaired) electrons. The molecule has 0 spiro atoms. The minimum atomic E-state index is 0.00374. The summed E-state index contributed by atoms with van der Waals surface area (Å²) in [4.78, 5) is 2.29. The molecule has 1 aliphatic carbocycles. The Kier molecular flexibility index (Phi) is 4.78. The molecule has 0 bridgehead atoms. The molecular formula is C36H29N. The SMILES string of the molecule is CN(c1ccc(-c2cc3ccccc3c3ccccc23)cc1)c1ccc2c(c1)C(C)(C)c1ccccc1-2. The highest BCUT2D eigenvalue weighted by atomic mass is 15.1. The number of hydrogen-bond acceptors (Lipinski definition) is 1. The molecule has 0 amide bonds. The van der Waals surface area contributed by atoms with Gasteiger partial charge in [0.1, 0.15) is 0 Å². The van der Waals surface area contributed by atoms with Crippen molar-refractivity contribution in [1.82, 2.24) is 0 Å². The van der Waals surface area contributed by atoms with Crippen LogP contribution in [0.4, 0.5) is 11.4 Å². The number of rotatable bonds is 3. The Morgan fingerprint density at radius 1 is 0.486 bits per heavy atom. The average Bonchev–Trinajstić information content (AvgIpc) is 3.18. The molecule has 0 unspecified atom stereocenters. The highest BCUT2D eigenvalue weighted by Gasteiger charge is 2.35. The highest BCUT2D eigenvalue weighted by molar-refractivity contribution is 6.13. The van der Waals surface area contributed by atoms with E-state index in [2.05, 4.69) is 147 Å². The summed E-state index contributed by atoms with van der Waals surface area (Å²) in [5, 5.41) is 5.18. The Balaban J connectivity index is 1.26. The molecule has 1 aliphatic rings. The second-order valence-corrected chi connectivity index (χ2v) is 10.7. The van der Waals surface area contributed by atoms with Crippen molar-refractivity contribution in [2.75, 3.05) is 11.9 Å². The lowest BCUT2D eigenvalue weighted by molar-refractivity contribution is 0.660. The summed E-state index contributed by atoms with van der Waals surface area (Å²) >= 11 is 0. The van der Waals surface area contributed by atoms with Crippen LogP contribution in [-0.4, -0.2) is 7.05 Å². The van der Waals surface area contributed by atoms with Crippen LogP contribution in [0.15, 0.2) is 121 Å². The summed E-state index contributed by atoms with van der Waals surface area (Å²) < 4.78 is 0. The minimum absolute atomic E-state index is 0.00374. The molecule has 0 N–H and O–H groups in total. The maximum absolute atomic E-state index is 2.38. The zero-order valence-corrected chi connectivity index (χ0v) is 21.5. The van der Waals surface area contributed by atoms with Gasteiger partial charge in [0, 0.05) is 23.8 Å². The van der Waals surface area contributed by atoms with E-state index in [9.17, 15) is 0 Å². The Morgan fingerprint density at radius 2 is 1.11 bits per heavy atom. The van der Waals surface area contributed by atoms with Gasteiger partial charge in [0.15, 0.2) is 0 Å². The lowest BCUT2D eigenvalue weighted by atomic mass is 9.82. The molecule has 178 valence electrons. The monoisotopic (exact) mass is 475 g/mol. The predicted octanol–water partition coefficient (Wildman–Crippen LogP) is 9.73. The van der Waals surface area contributed by atoms with Crippen LogP contribution in [-0.2, 0) is 5.41 Å². The quantitative estimate of drug-likeness (QED) is 0.230. The second-order valence-electron chi connectivity index (χ2n) is 10.7. The maximum atomic E-state index is 2.38. The number of anilines is 2. The average molecular weight is 476 g/mol. The van der Waals surface area contributed by atoms with Crippen molar-refractivity contribution in [3.8, 4) is 22.3 Å². The largest absolute Gasteiger partial charge is 0.345 e. The van der Waals surface area contributed by atoms with Crippen LogP contribution in [0.1, 0.15) is 25.0 Å². The standard InChI is InChI=1S/C36H29N/c1-36(2)34-15-9-8-14-31(34)32-21-20-27(23-35(32)36)37(3)26-18-16-24(17-19-26)33-22-25-10-4-5-11-28(25)29-12-6-7-13-30(29)33/h4-23H,1-3H3. The van der Waals surface area contributed by atoms with Gasteiger partial charge in [-0.3, -0.25) is 0 Å². The number of nitrogens with zero attached hydrogens (tertiary/aromatic N) is 1. The summed E-state index contributed by atoms with van der Waals surface area (Å²) in [5.41, 5.74) is 10.5. The van der Waals surface area contributed by atoms with Crippen molar-refractivity contribution in [2.45, 2.75) is 19.3 Å². The fraction of sp³-hybridized carbons (Fsp3) is 0.111. The van der Waals surface area contributed by atoms with Crippen LogP contribution in [0.3, 0.4) is 0 Å². The van der Waals surface area contributed by atoms with E-state index in [1.54, 1.807) is 0 Å². The minimum Gasteiger partial charge on any atom is -0.345 e. The van der Waals surface area contributed by atoms with E-state index in [4.69, 9.17) is 0 Å². The lowest BCUT2D eigenvalue weighted by Crippen LogP contribution is -2.16. The van der Waals surface area contributed by atoms with Crippen molar-refractivity contribution < 1.29 is 0 Å². The van der Waals surface area contributed by atoms with Gasteiger partial charge in [-0.1, -0.05) is 105 Å². The van der Waals surface area contributed by atoms with Crippen molar-refractivity contribution in [1.29, 1.82) is 0 Å². The van der Waals surface area contributed by atoms with Gasteiger partial charge in [0.25, 0.3) is 0 Å². The van der Waals surface area contributed by atoms with Crippen molar-refractivity contribution in [3.05, 3.63) is 132 Å². The molecule has 0 fully saturated rings. The Bertz CT molecular complexity index is 1810. The third-order valence-electron chi connectivity index (χ3n) is 8.29. The fourth-order valence-electron chi connectivity index (χ4n) is 6.21. The normalized spacial score (nSPS) is 13.5. The van der Waals surface area contributed by atoms with E-state index in [1.807, 2.05) is 0 Å². The third kappa shape index (κ3) is 3.31. The molecule has 1 nitrogen and oxygen atoms in total. The van der Waals surface area contributed by atoms with Gasteiger partial charge in [0.2, 0.25) is 0 Å². The first-order valence-electron chi connectivity index (χ1n) is 13.0. The van der Waals surface area contributed by atoms with Crippen LogP contribution in [0.25, 0.3) is 43.8 Å². The molecule has 0 atom stereocenters. The zero-order chi connectivity index (χ0) is 25.1. The van der Waals surface area contributed by atoms with E-state index in [1.165, 1.54) is 66.3 Å². The Morgan fingerprint density at radius 3 is 1.92 bits per heavy atom. The predicted molar refractivity (Wildman–Crippen MR) is 159 cm³/mol. The Labute approximate surface area is 218 Å². The first-order chi connectivity index (χ1) is 18.0. The first-order valence-corrected chi connectivity index (χ1v) is 13.0. The van der Waals surface area contributed by atoms with Crippen LogP contribution in [0.2, 0.25) is 0 Å². The summed E-state index contributed by atoms with van der Waals surface area (Å²) in [7, 11) is 2.16. The maximum Gasteiger partial charge on any atom is 0.0411 e. The van der Waals surface area contributed by atoms with Crippen LogP contribution in [0, 0.1) is 0 Å². The molecule has 7 rings (SSSR count). The second kappa shape index (κ2) is 8.08. The molecule has 0 aliphatic heterocycles. The summed E-state index contributed by atoms with van der Waals surface area (Å²) in [6, 6.07) is 44.5. The van der Waals surface area contributed by atoms with Gasteiger partial charge in [-0.25, -0.2) is 0 Å². The van der Waals surface area contributed by atoms with Crippen LogP contribution >= 0.6 is 0 Å². The summed E-state index contributed by atoms with van der Waals surface area (Å²) in [5.74, 6) is 0. The summed E-state index contributed by atoms with van der Waals surface area (Å²) in [6.07, 6.45) is 0. The topological polar surface area (TPSA) is 3.24 Å². The molecule has 0 saturated heterocycles. The van der Waals surface area contributed by atoms with Crippen LogP contribution < -0.4 is 4.90 Å². The Hall–Kier alpha value is -4.36. The van der Waals surface area contributed by atoms with E-state index in [-0.39, 0.29) is 5.41 Å². The molecule has 0 heterocycles. The van der Waals surface area contributed by atoms with Crippen molar-refractivity contribution in [3.63, 3.8) is 0 Å². The highest BCUT2D eigenvalue weighted by Crippen LogP contribution is 2.49. The van der Waals surface area contributed by atoms with Gasteiger partial charge in [0.05, 0.1) is 0 Å². The molecule has 37 heavy (non-hydrogen) atoms. The van der Waals surface area contributed by atoms with E-state index in [0.29, 0.717) is 0 Å². The van der Waals surface area contributed by atoms with Crippen molar-refractivity contribution >= 4 is 32.9 Å². The van der Waals surface area contributed by atoms with Gasteiger partial charge < -0.3 is 4.90 Å². The lowest BCUT2D eigenvalue weighted by Gasteiger charge is -2.25. The molecule has 0 saturated carbocycles. The zero-order valence-electron chi connectivity index (χ0n) is 21.5. The number of benzene rings is 6.